The molecule has 4 N–H and O–H groups in total. The number of carbonyl (C=O) groups is 2. The van der Waals surface area contributed by atoms with Crippen molar-refractivity contribution in [2.45, 2.75) is 39.7 Å². The first kappa shape index (κ1) is 16.0. The number of rotatable bonds is 7. The van der Waals surface area contributed by atoms with Gasteiger partial charge in [-0.15, -0.1) is 0 Å². The Morgan fingerprint density at radius 2 is 2.05 bits per heavy atom. The molecule has 0 bridgehead atoms. The predicted molar refractivity (Wildman–Crippen MR) is 80.7 cm³/mol. The topological polar surface area (TPSA) is 84.2 Å². The molecule has 5 nitrogen and oxygen atoms in total. The van der Waals surface area contributed by atoms with Crippen molar-refractivity contribution >= 4 is 17.5 Å². The van der Waals surface area contributed by atoms with E-state index in [1.165, 1.54) is 0 Å². The number of carbonyl (C=O) groups excluding carboxylic acids is 2. The molecule has 1 unspecified atom stereocenters. The SMILES string of the molecule is CCCNc1ccc(C(=O)NC(C)CC(N)=O)cc1C. The number of anilines is 1. The molecule has 1 aromatic rings. The molecule has 0 fully saturated rings. The summed E-state index contributed by atoms with van der Waals surface area (Å²) in [5.74, 6) is -0.614. The smallest absolute Gasteiger partial charge is 0.251 e. The van der Waals surface area contributed by atoms with E-state index in [1.54, 1.807) is 13.0 Å². The molecule has 110 valence electrons. The second-order valence-electron chi connectivity index (χ2n) is 5.00. The van der Waals surface area contributed by atoms with E-state index in [-0.39, 0.29) is 18.4 Å². The fraction of sp³-hybridized carbons (Fsp3) is 0.467. The Labute approximate surface area is 119 Å². The van der Waals surface area contributed by atoms with Gasteiger partial charge in [-0.2, -0.15) is 0 Å². The van der Waals surface area contributed by atoms with Gasteiger partial charge in [0, 0.05) is 30.3 Å². The number of hydrogen-bond acceptors (Lipinski definition) is 3. The molecule has 0 saturated heterocycles. The van der Waals surface area contributed by atoms with Crippen LogP contribution >= 0.6 is 0 Å². The largest absolute Gasteiger partial charge is 0.385 e. The van der Waals surface area contributed by atoms with Crippen molar-refractivity contribution in [1.82, 2.24) is 5.32 Å². The number of amides is 2. The summed E-state index contributed by atoms with van der Waals surface area (Å²) in [4.78, 5) is 22.8. The van der Waals surface area contributed by atoms with Crippen LogP contribution in [0.25, 0.3) is 0 Å². The van der Waals surface area contributed by atoms with Crippen LogP contribution < -0.4 is 16.4 Å². The van der Waals surface area contributed by atoms with Gasteiger partial charge in [-0.05, 0) is 44.0 Å². The zero-order chi connectivity index (χ0) is 15.1. The minimum Gasteiger partial charge on any atom is -0.385 e. The van der Waals surface area contributed by atoms with E-state index in [0.717, 1.165) is 24.2 Å². The molecule has 0 spiro atoms. The highest BCUT2D eigenvalue weighted by Crippen LogP contribution is 2.16. The molecule has 0 aliphatic carbocycles. The summed E-state index contributed by atoms with van der Waals surface area (Å²) in [6.45, 7) is 6.72. The molecule has 0 aromatic heterocycles. The Morgan fingerprint density at radius 1 is 1.35 bits per heavy atom. The number of benzene rings is 1. The summed E-state index contributed by atoms with van der Waals surface area (Å²) in [6, 6.07) is 5.25. The van der Waals surface area contributed by atoms with Crippen LogP contribution in [-0.2, 0) is 4.79 Å². The van der Waals surface area contributed by atoms with Crippen molar-refractivity contribution in [3.05, 3.63) is 29.3 Å². The minimum absolute atomic E-state index is 0.140. The number of nitrogens with two attached hydrogens (primary N) is 1. The second kappa shape index (κ2) is 7.53. The molecular weight excluding hydrogens is 254 g/mol. The first-order valence-electron chi connectivity index (χ1n) is 6.87. The predicted octanol–water partition coefficient (Wildman–Crippen LogP) is 1.81. The fourth-order valence-corrected chi connectivity index (χ4v) is 1.92. The van der Waals surface area contributed by atoms with E-state index in [9.17, 15) is 9.59 Å². The van der Waals surface area contributed by atoms with Crippen molar-refractivity contribution in [3.8, 4) is 0 Å². The first-order valence-corrected chi connectivity index (χ1v) is 6.87. The van der Waals surface area contributed by atoms with Crippen molar-refractivity contribution < 1.29 is 9.59 Å². The lowest BCUT2D eigenvalue weighted by Crippen LogP contribution is -2.35. The molecule has 0 aliphatic rings. The maximum absolute atomic E-state index is 12.0. The maximum Gasteiger partial charge on any atom is 0.251 e. The van der Waals surface area contributed by atoms with Crippen LogP contribution in [0.5, 0.6) is 0 Å². The number of hydrogen-bond donors (Lipinski definition) is 3. The molecule has 20 heavy (non-hydrogen) atoms. The summed E-state index contributed by atoms with van der Waals surface area (Å²) < 4.78 is 0. The zero-order valence-electron chi connectivity index (χ0n) is 12.3. The second-order valence-corrected chi connectivity index (χ2v) is 5.00. The third-order valence-corrected chi connectivity index (χ3v) is 2.94. The van der Waals surface area contributed by atoms with Gasteiger partial charge in [-0.25, -0.2) is 0 Å². The van der Waals surface area contributed by atoms with Crippen molar-refractivity contribution in [2.75, 3.05) is 11.9 Å². The Balaban J connectivity index is 2.69. The Bertz CT molecular complexity index is 486. The summed E-state index contributed by atoms with van der Waals surface area (Å²) in [6.07, 6.45) is 1.19. The molecule has 0 aliphatic heterocycles. The standard InChI is InChI=1S/C15H23N3O2/c1-4-7-17-13-6-5-12(8-10(13)2)15(20)18-11(3)9-14(16)19/h5-6,8,11,17H,4,7,9H2,1-3H3,(H2,16,19)(H,18,20). The Hall–Kier alpha value is -2.04. The van der Waals surface area contributed by atoms with Gasteiger partial charge < -0.3 is 16.4 Å². The lowest BCUT2D eigenvalue weighted by molar-refractivity contribution is -0.118. The minimum atomic E-state index is -0.423. The van der Waals surface area contributed by atoms with E-state index >= 15 is 0 Å². The van der Waals surface area contributed by atoms with Gasteiger partial charge in [0.15, 0.2) is 0 Å². The Kier molecular flexibility index (Phi) is 6.03. The van der Waals surface area contributed by atoms with Crippen LogP contribution in [0.4, 0.5) is 5.69 Å². The average molecular weight is 277 g/mol. The van der Waals surface area contributed by atoms with Gasteiger partial charge in [0.2, 0.25) is 5.91 Å². The van der Waals surface area contributed by atoms with Crippen LogP contribution in [0.15, 0.2) is 18.2 Å². The molecule has 2 amide bonds. The number of nitrogens with one attached hydrogen (secondary N) is 2. The van der Waals surface area contributed by atoms with E-state index in [2.05, 4.69) is 17.6 Å². The molecule has 1 atom stereocenters. The highest BCUT2D eigenvalue weighted by Gasteiger charge is 2.12. The van der Waals surface area contributed by atoms with Crippen molar-refractivity contribution in [3.63, 3.8) is 0 Å². The van der Waals surface area contributed by atoms with E-state index in [0.29, 0.717) is 5.56 Å². The van der Waals surface area contributed by atoms with Gasteiger partial charge in [0.1, 0.15) is 0 Å². The summed E-state index contributed by atoms with van der Waals surface area (Å²) in [5, 5.41) is 6.06. The van der Waals surface area contributed by atoms with Crippen LogP contribution in [0, 0.1) is 6.92 Å². The highest BCUT2D eigenvalue weighted by atomic mass is 16.2. The normalized spacial score (nSPS) is 11.8. The fourth-order valence-electron chi connectivity index (χ4n) is 1.92. The van der Waals surface area contributed by atoms with Gasteiger partial charge in [0.25, 0.3) is 5.91 Å². The van der Waals surface area contributed by atoms with Crippen LogP contribution in [0.1, 0.15) is 42.6 Å². The monoisotopic (exact) mass is 277 g/mol. The zero-order valence-corrected chi connectivity index (χ0v) is 12.3. The van der Waals surface area contributed by atoms with Crippen molar-refractivity contribution in [2.24, 2.45) is 5.73 Å². The average Bonchev–Trinajstić information content (AvgIpc) is 2.36. The molecule has 1 rings (SSSR count). The van der Waals surface area contributed by atoms with Crippen molar-refractivity contribution in [1.29, 1.82) is 0 Å². The maximum atomic E-state index is 12.0. The van der Waals surface area contributed by atoms with Gasteiger partial charge in [-0.3, -0.25) is 9.59 Å². The van der Waals surface area contributed by atoms with Crippen LogP contribution in [-0.4, -0.2) is 24.4 Å². The molecular formula is C15H23N3O2. The summed E-state index contributed by atoms with van der Waals surface area (Å²) >= 11 is 0. The Morgan fingerprint density at radius 3 is 2.60 bits per heavy atom. The van der Waals surface area contributed by atoms with Crippen LogP contribution in [0.3, 0.4) is 0 Å². The van der Waals surface area contributed by atoms with E-state index in [4.69, 9.17) is 5.73 Å². The molecule has 0 heterocycles. The summed E-state index contributed by atoms with van der Waals surface area (Å²) in [5.41, 5.74) is 7.74. The van der Waals surface area contributed by atoms with E-state index in [1.807, 2.05) is 19.1 Å². The quantitative estimate of drug-likeness (QED) is 0.710. The molecule has 1 aromatic carbocycles. The third kappa shape index (κ3) is 4.91. The summed E-state index contributed by atoms with van der Waals surface area (Å²) in [7, 11) is 0. The molecule has 0 radical (unpaired) electrons. The first-order chi connectivity index (χ1) is 9.43. The van der Waals surface area contributed by atoms with Crippen LogP contribution in [0.2, 0.25) is 0 Å². The lowest BCUT2D eigenvalue weighted by Gasteiger charge is -2.14. The van der Waals surface area contributed by atoms with Gasteiger partial charge in [0.05, 0.1) is 0 Å². The lowest BCUT2D eigenvalue weighted by atomic mass is 10.1. The molecule has 5 heteroatoms. The highest BCUT2D eigenvalue weighted by molar-refractivity contribution is 5.95. The van der Waals surface area contributed by atoms with E-state index < -0.39 is 5.91 Å². The number of primary amides is 1. The van der Waals surface area contributed by atoms with Gasteiger partial charge >= 0.3 is 0 Å². The molecule has 0 saturated carbocycles. The van der Waals surface area contributed by atoms with Gasteiger partial charge in [-0.1, -0.05) is 6.92 Å². The third-order valence-electron chi connectivity index (χ3n) is 2.94. The number of aryl methyl sites for hydroxylation is 1.